The van der Waals surface area contributed by atoms with Crippen molar-refractivity contribution in [1.82, 2.24) is 9.97 Å². The predicted molar refractivity (Wildman–Crippen MR) is 82.4 cm³/mol. The Morgan fingerprint density at radius 3 is 2.55 bits per heavy atom. The molecule has 1 aromatic heterocycles. The Labute approximate surface area is 126 Å². The molecule has 0 aliphatic heterocycles. The lowest BCUT2D eigenvalue weighted by molar-refractivity contribution is -0.0517. The van der Waals surface area contributed by atoms with Gasteiger partial charge in [0.1, 0.15) is 16.1 Å². The topological polar surface area (TPSA) is 37.9 Å². The summed E-state index contributed by atoms with van der Waals surface area (Å²) in [7, 11) is 1.81. The molecule has 20 heavy (non-hydrogen) atoms. The minimum Gasteiger partial charge on any atom is -0.370 e. The van der Waals surface area contributed by atoms with Crippen molar-refractivity contribution in [3.05, 3.63) is 22.2 Å². The molecule has 4 heteroatoms. The van der Waals surface area contributed by atoms with Gasteiger partial charge in [-0.2, -0.15) is 0 Å². The number of hydrogen-bond donors (Lipinski definition) is 1. The molecule has 3 nitrogen and oxygen atoms in total. The van der Waals surface area contributed by atoms with Gasteiger partial charge in [-0.05, 0) is 37.7 Å². The van der Waals surface area contributed by atoms with Gasteiger partial charge in [-0.3, -0.25) is 0 Å². The summed E-state index contributed by atoms with van der Waals surface area (Å²) in [6.45, 7) is 0. The van der Waals surface area contributed by atoms with Crippen molar-refractivity contribution in [1.29, 1.82) is 0 Å². The van der Waals surface area contributed by atoms with Crippen LogP contribution in [0.3, 0.4) is 0 Å². The van der Waals surface area contributed by atoms with Crippen LogP contribution in [0.1, 0.15) is 75.2 Å². The zero-order chi connectivity index (χ0) is 14.0. The van der Waals surface area contributed by atoms with Crippen LogP contribution in [0, 0.1) is 4.64 Å². The van der Waals surface area contributed by atoms with E-state index in [4.69, 9.17) is 17.0 Å². The molecule has 1 N–H and O–H groups in total. The van der Waals surface area contributed by atoms with Crippen molar-refractivity contribution in [2.24, 2.45) is 0 Å². The van der Waals surface area contributed by atoms with Crippen LogP contribution < -0.4 is 0 Å². The highest BCUT2D eigenvalue weighted by molar-refractivity contribution is 7.71. The molecule has 0 unspecified atom stereocenters. The number of H-pyrrole nitrogens is 1. The third-order valence-corrected chi connectivity index (χ3v) is 5.25. The molecular weight excluding hydrogens is 268 g/mol. The van der Waals surface area contributed by atoms with Crippen molar-refractivity contribution >= 4 is 12.2 Å². The molecule has 0 saturated heterocycles. The molecule has 0 amide bonds. The summed E-state index contributed by atoms with van der Waals surface area (Å²) in [5, 5.41) is 0. The monoisotopic (exact) mass is 292 g/mol. The number of methoxy groups -OCH3 is 1. The molecule has 3 rings (SSSR count). The zero-order valence-corrected chi connectivity index (χ0v) is 13.1. The van der Waals surface area contributed by atoms with E-state index in [9.17, 15) is 0 Å². The van der Waals surface area contributed by atoms with E-state index < -0.39 is 0 Å². The van der Waals surface area contributed by atoms with Crippen molar-refractivity contribution in [2.75, 3.05) is 7.11 Å². The van der Waals surface area contributed by atoms with Crippen LogP contribution >= 0.6 is 12.2 Å². The fourth-order valence-corrected chi connectivity index (χ4v) is 4.03. The minimum atomic E-state index is -0.236. The maximum absolute atomic E-state index is 5.90. The van der Waals surface area contributed by atoms with Crippen LogP contribution in [0.5, 0.6) is 0 Å². The van der Waals surface area contributed by atoms with Gasteiger partial charge in [0, 0.05) is 12.8 Å². The van der Waals surface area contributed by atoms with E-state index in [1.807, 2.05) is 7.11 Å². The van der Waals surface area contributed by atoms with Crippen LogP contribution in [0.15, 0.2) is 6.07 Å². The number of aromatic amines is 1. The second kappa shape index (κ2) is 5.94. The third-order valence-electron chi connectivity index (χ3n) is 5.04. The number of ether oxygens (including phenoxy) is 1. The maximum Gasteiger partial charge on any atom is 0.140 e. The molecule has 110 valence electrons. The quantitative estimate of drug-likeness (QED) is 0.827. The Bertz CT molecular complexity index is 513. The molecule has 0 atom stereocenters. The normalized spacial score (nSPS) is 23.1. The van der Waals surface area contributed by atoms with Gasteiger partial charge in [0.25, 0.3) is 0 Å². The highest BCUT2D eigenvalue weighted by Gasteiger charge is 2.36. The summed E-state index contributed by atoms with van der Waals surface area (Å²) >= 11 is 5.40. The highest BCUT2D eigenvalue weighted by Crippen LogP contribution is 2.39. The second-order valence-corrected chi connectivity index (χ2v) is 6.68. The molecule has 2 aliphatic carbocycles. The fraction of sp³-hybridized carbons (Fsp3) is 0.750. The number of hydrogen-bond acceptors (Lipinski definition) is 3. The summed E-state index contributed by atoms with van der Waals surface area (Å²) in [6.07, 6.45) is 11.0. The van der Waals surface area contributed by atoms with Crippen LogP contribution in [0.4, 0.5) is 0 Å². The van der Waals surface area contributed by atoms with E-state index >= 15 is 0 Å². The Hall–Kier alpha value is -0.740. The van der Waals surface area contributed by atoms with E-state index in [0.717, 1.165) is 18.7 Å². The van der Waals surface area contributed by atoms with E-state index in [-0.39, 0.29) is 5.60 Å². The molecule has 2 fully saturated rings. The molecule has 2 saturated carbocycles. The van der Waals surface area contributed by atoms with Crippen molar-refractivity contribution in [3.63, 3.8) is 0 Å². The lowest BCUT2D eigenvalue weighted by atomic mass is 9.83. The maximum atomic E-state index is 5.90. The first kappa shape index (κ1) is 14.2. The van der Waals surface area contributed by atoms with Gasteiger partial charge in [0.2, 0.25) is 0 Å². The zero-order valence-electron chi connectivity index (χ0n) is 12.3. The smallest absolute Gasteiger partial charge is 0.140 e. The highest BCUT2D eigenvalue weighted by atomic mass is 32.1. The average molecular weight is 292 g/mol. The largest absolute Gasteiger partial charge is 0.370 e. The summed E-state index contributed by atoms with van der Waals surface area (Å²) < 4.78 is 6.61. The molecule has 0 spiro atoms. The van der Waals surface area contributed by atoms with Gasteiger partial charge >= 0.3 is 0 Å². The van der Waals surface area contributed by atoms with E-state index in [2.05, 4.69) is 16.0 Å². The van der Waals surface area contributed by atoms with Crippen LogP contribution in [-0.2, 0) is 10.3 Å². The molecule has 2 aliphatic rings. The standard InChI is InChI=1S/C16H24N2OS/c1-19-16(9-5-2-6-10-16)15-17-13(11-14(20)18-15)12-7-3-4-8-12/h11-12H,2-10H2,1H3,(H,17,18,20). The van der Waals surface area contributed by atoms with Crippen molar-refractivity contribution in [2.45, 2.75) is 69.3 Å². The number of nitrogens with one attached hydrogen (secondary N) is 1. The second-order valence-electron chi connectivity index (χ2n) is 6.26. The van der Waals surface area contributed by atoms with Crippen molar-refractivity contribution < 1.29 is 4.74 Å². The lowest BCUT2D eigenvalue weighted by Crippen LogP contribution is -2.33. The summed E-state index contributed by atoms with van der Waals surface area (Å²) in [5.74, 6) is 1.60. The number of nitrogens with zero attached hydrogens (tertiary/aromatic N) is 1. The molecule has 0 bridgehead atoms. The Morgan fingerprint density at radius 2 is 1.90 bits per heavy atom. The summed E-state index contributed by atoms with van der Waals surface area (Å²) in [5.41, 5.74) is 1.04. The molecular formula is C16H24N2OS. The van der Waals surface area contributed by atoms with Gasteiger partial charge in [-0.1, -0.05) is 44.3 Å². The van der Waals surface area contributed by atoms with Gasteiger partial charge in [-0.15, -0.1) is 0 Å². The first-order valence-corrected chi connectivity index (χ1v) is 8.31. The number of rotatable bonds is 3. The van der Waals surface area contributed by atoms with Gasteiger partial charge in [0.15, 0.2) is 0 Å². The van der Waals surface area contributed by atoms with E-state index in [1.165, 1.54) is 50.6 Å². The van der Waals surface area contributed by atoms with Gasteiger partial charge < -0.3 is 9.72 Å². The summed E-state index contributed by atoms with van der Waals surface area (Å²) in [6, 6.07) is 2.06. The minimum absolute atomic E-state index is 0.236. The summed E-state index contributed by atoms with van der Waals surface area (Å²) in [4.78, 5) is 8.19. The van der Waals surface area contributed by atoms with Gasteiger partial charge in [-0.25, -0.2) is 4.98 Å². The first-order valence-electron chi connectivity index (χ1n) is 7.90. The fourth-order valence-electron chi connectivity index (χ4n) is 3.81. The Balaban J connectivity index is 1.97. The first-order chi connectivity index (χ1) is 9.73. The van der Waals surface area contributed by atoms with Crippen LogP contribution in [0.25, 0.3) is 0 Å². The lowest BCUT2D eigenvalue weighted by Gasteiger charge is -2.35. The predicted octanol–water partition coefficient (Wildman–Crippen LogP) is 4.60. The van der Waals surface area contributed by atoms with Crippen molar-refractivity contribution in [3.8, 4) is 0 Å². The third kappa shape index (κ3) is 2.68. The molecule has 1 aromatic rings. The molecule has 1 heterocycles. The Morgan fingerprint density at radius 1 is 1.20 bits per heavy atom. The molecule has 0 radical (unpaired) electrons. The van der Waals surface area contributed by atoms with E-state index in [1.54, 1.807) is 0 Å². The van der Waals surface area contributed by atoms with Crippen LogP contribution in [0.2, 0.25) is 0 Å². The SMILES string of the molecule is COC1(c2nc(=S)cc(C3CCCC3)[nH]2)CCCCC1. The number of aromatic nitrogens is 2. The van der Waals surface area contributed by atoms with Crippen LogP contribution in [-0.4, -0.2) is 17.1 Å². The van der Waals surface area contributed by atoms with Gasteiger partial charge in [0.05, 0.1) is 0 Å². The van der Waals surface area contributed by atoms with E-state index in [0.29, 0.717) is 10.6 Å². The average Bonchev–Trinajstić information content (AvgIpc) is 3.01. The molecule has 0 aromatic carbocycles. The Kier molecular flexibility index (Phi) is 4.22.